The van der Waals surface area contributed by atoms with E-state index in [2.05, 4.69) is 15.1 Å². The van der Waals surface area contributed by atoms with Crippen LogP contribution in [0.5, 0.6) is 0 Å². The van der Waals surface area contributed by atoms with Gasteiger partial charge in [0, 0.05) is 13.5 Å². The summed E-state index contributed by atoms with van der Waals surface area (Å²) < 4.78 is 5.28. The second kappa shape index (κ2) is 11.4. The van der Waals surface area contributed by atoms with Crippen molar-refractivity contribution in [3.8, 4) is 0 Å². The van der Waals surface area contributed by atoms with Gasteiger partial charge in [0.15, 0.2) is 0 Å². The number of carbonyl (C=O) groups is 2. The molecule has 0 aromatic rings. The number of nitrogens with zero attached hydrogens (tertiary/aromatic N) is 2. The highest BCUT2D eigenvalue weighted by Gasteiger charge is 2.23. The fourth-order valence-corrected chi connectivity index (χ4v) is 3.26. The Hall–Kier alpha value is -1.34. The Labute approximate surface area is 158 Å². The molecule has 2 heterocycles. The number of carbonyl (C=O) groups excluding carboxylic acids is 1. The van der Waals surface area contributed by atoms with Crippen molar-refractivity contribution in [3.63, 3.8) is 0 Å². The Balaban J connectivity index is 0.000000765. The number of aliphatic carboxylic acids is 1. The summed E-state index contributed by atoms with van der Waals surface area (Å²) in [5, 5.41) is 10.3. The lowest BCUT2D eigenvalue weighted by Gasteiger charge is -2.37. The van der Waals surface area contributed by atoms with Crippen molar-refractivity contribution in [2.45, 2.75) is 65.4 Å². The van der Waals surface area contributed by atoms with Crippen molar-refractivity contribution in [2.24, 2.45) is 5.92 Å². The van der Waals surface area contributed by atoms with E-state index in [9.17, 15) is 4.79 Å². The average Bonchev–Trinajstić information content (AvgIpc) is 2.53. The summed E-state index contributed by atoms with van der Waals surface area (Å²) >= 11 is 0. The number of likely N-dealkylation sites (tertiary alicyclic amines) is 2. The van der Waals surface area contributed by atoms with Crippen LogP contribution in [0.25, 0.3) is 0 Å². The average molecular weight is 372 g/mol. The van der Waals surface area contributed by atoms with E-state index in [1.54, 1.807) is 0 Å². The molecule has 0 saturated carbocycles. The Morgan fingerprint density at radius 2 is 1.54 bits per heavy atom. The number of carboxylic acid groups (broad SMARTS) is 1. The van der Waals surface area contributed by atoms with Gasteiger partial charge in [-0.3, -0.25) is 14.6 Å². The summed E-state index contributed by atoms with van der Waals surface area (Å²) in [6.45, 7) is 13.5. The molecule has 0 radical (unpaired) electrons. The van der Waals surface area contributed by atoms with Gasteiger partial charge in [0.1, 0.15) is 5.60 Å². The third-order valence-corrected chi connectivity index (χ3v) is 4.49. The first-order valence-corrected chi connectivity index (χ1v) is 9.77. The van der Waals surface area contributed by atoms with Crippen LogP contribution < -0.4 is 5.32 Å². The highest BCUT2D eigenvalue weighted by molar-refractivity contribution is 5.67. The Morgan fingerprint density at radius 3 is 2.04 bits per heavy atom. The molecule has 0 bridgehead atoms. The van der Waals surface area contributed by atoms with Gasteiger partial charge in [0.2, 0.25) is 0 Å². The van der Waals surface area contributed by atoms with Crippen molar-refractivity contribution in [3.05, 3.63) is 0 Å². The molecule has 2 rings (SSSR count). The molecule has 1 amide bonds. The van der Waals surface area contributed by atoms with E-state index in [1.165, 1.54) is 45.2 Å². The van der Waals surface area contributed by atoms with Crippen LogP contribution in [-0.4, -0.2) is 72.0 Å². The second-order valence-corrected chi connectivity index (χ2v) is 8.28. The molecule has 0 atom stereocenters. The number of piperidine rings is 2. The molecule has 0 aromatic carbocycles. The van der Waals surface area contributed by atoms with E-state index >= 15 is 0 Å². The minimum atomic E-state index is -0.833. The summed E-state index contributed by atoms with van der Waals surface area (Å²) in [7, 11) is 0. The lowest BCUT2D eigenvalue weighted by Crippen LogP contribution is -2.45. The fraction of sp³-hybridized carbons (Fsp3) is 0.895. The summed E-state index contributed by atoms with van der Waals surface area (Å²) in [5.74, 6) is -0.245. The van der Waals surface area contributed by atoms with E-state index in [1.807, 2.05) is 20.8 Å². The first-order valence-electron chi connectivity index (χ1n) is 9.77. The van der Waals surface area contributed by atoms with E-state index in [0.29, 0.717) is 5.92 Å². The number of rotatable bonds is 4. The van der Waals surface area contributed by atoms with Gasteiger partial charge in [-0.25, -0.2) is 4.79 Å². The SMILES string of the molecule is CC(=O)O.CC(C)(C)OC(=O)NCC1CCN(CN2CCCCC2)CC1. The van der Waals surface area contributed by atoms with Crippen molar-refractivity contribution >= 4 is 12.1 Å². The zero-order valence-electron chi connectivity index (χ0n) is 16.9. The third-order valence-electron chi connectivity index (χ3n) is 4.49. The van der Waals surface area contributed by atoms with E-state index < -0.39 is 11.6 Å². The van der Waals surface area contributed by atoms with Gasteiger partial charge in [0.25, 0.3) is 5.97 Å². The highest BCUT2D eigenvalue weighted by Crippen LogP contribution is 2.18. The standard InChI is InChI=1S/C17H33N3O2.C2H4O2/c1-17(2,3)22-16(21)18-13-15-7-11-20(12-8-15)14-19-9-5-4-6-10-19;1-2(3)4/h15H,4-14H2,1-3H3,(H,18,21);1H3,(H,3,4). The maximum Gasteiger partial charge on any atom is 0.407 e. The molecule has 2 saturated heterocycles. The van der Waals surface area contributed by atoms with Crippen molar-refractivity contribution < 1.29 is 19.4 Å². The van der Waals surface area contributed by atoms with Crippen LogP contribution in [0.3, 0.4) is 0 Å². The van der Waals surface area contributed by atoms with Crippen LogP contribution in [0.1, 0.15) is 59.8 Å². The molecule has 26 heavy (non-hydrogen) atoms. The van der Waals surface area contributed by atoms with Gasteiger partial charge < -0.3 is 15.2 Å². The molecular formula is C19H37N3O4. The molecule has 0 aromatic heterocycles. The predicted molar refractivity (Wildman–Crippen MR) is 102 cm³/mol. The monoisotopic (exact) mass is 371 g/mol. The summed E-state index contributed by atoms with van der Waals surface area (Å²) in [6, 6.07) is 0. The second-order valence-electron chi connectivity index (χ2n) is 8.28. The smallest absolute Gasteiger partial charge is 0.407 e. The summed E-state index contributed by atoms with van der Waals surface area (Å²) in [6.07, 6.45) is 6.16. The Kier molecular flexibility index (Phi) is 9.94. The number of hydrogen-bond donors (Lipinski definition) is 2. The van der Waals surface area contributed by atoms with Crippen LogP contribution in [0.15, 0.2) is 0 Å². The number of alkyl carbamates (subject to hydrolysis) is 1. The quantitative estimate of drug-likeness (QED) is 0.791. The molecule has 7 heteroatoms. The van der Waals surface area contributed by atoms with Gasteiger partial charge in [-0.2, -0.15) is 0 Å². The van der Waals surface area contributed by atoms with Crippen molar-refractivity contribution in [1.29, 1.82) is 0 Å². The number of carboxylic acids is 1. The molecule has 152 valence electrons. The largest absolute Gasteiger partial charge is 0.481 e. The van der Waals surface area contributed by atoms with Crippen molar-refractivity contribution in [1.82, 2.24) is 15.1 Å². The molecule has 0 spiro atoms. The van der Waals surface area contributed by atoms with Crippen LogP contribution >= 0.6 is 0 Å². The predicted octanol–water partition coefficient (Wildman–Crippen LogP) is 2.76. The maximum absolute atomic E-state index is 11.7. The molecule has 0 aliphatic carbocycles. The highest BCUT2D eigenvalue weighted by atomic mass is 16.6. The van der Waals surface area contributed by atoms with Gasteiger partial charge in [-0.1, -0.05) is 6.42 Å². The normalized spacial score (nSPS) is 20.0. The first kappa shape index (κ1) is 22.7. The molecule has 0 unspecified atom stereocenters. The molecular weight excluding hydrogens is 334 g/mol. The topological polar surface area (TPSA) is 82.1 Å². The molecule has 7 nitrogen and oxygen atoms in total. The Bertz CT molecular complexity index is 419. The minimum Gasteiger partial charge on any atom is -0.481 e. The molecule has 2 N–H and O–H groups in total. The van der Waals surface area contributed by atoms with E-state index in [0.717, 1.165) is 33.2 Å². The maximum atomic E-state index is 11.7. The number of hydrogen-bond acceptors (Lipinski definition) is 5. The van der Waals surface area contributed by atoms with Crippen LogP contribution in [0.2, 0.25) is 0 Å². The van der Waals surface area contributed by atoms with Crippen LogP contribution in [0, 0.1) is 5.92 Å². The molecule has 2 aliphatic rings. The van der Waals surface area contributed by atoms with Crippen LogP contribution in [0.4, 0.5) is 4.79 Å². The van der Waals surface area contributed by atoms with Gasteiger partial charge in [0.05, 0.1) is 6.67 Å². The van der Waals surface area contributed by atoms with Gasteiger partial charge in [-0.05, 0) is 78.6 Å². The first-order chi connectivity index (χ1) is 12.2. The van der Waals surface area contributed by atoms with Crippen molar-refractivity contribution in [2.75, 3.05) is 39.4 Å². The Morgan fingerprint density at radius 1 is 1.04 bits per heavy atom. The lowest BCUT2D eigenvalue weighted by atomic mass is 9.97. The fourth-order valence-electron chi connectivity index (χ4n) is 3.26. The zero-order valence-corrected chi connectivity index (χ0v) is 16.9. The number of ether oxygens (including phenoxy) is 1. The van der Waals surface area contributed by atoms with Gasteiger partial charge >= 0.3 is 6.09 Å². The van der Waals surface area contributed by atoms with E-state index in [-0.39, 0.29) is 6.09 Å². The summed E-state index contributed by atoms with van der Waals surface area (Å²) in [4.78, 5) is 25.8. The summed E-state index contributed by atoms with van der Waals surface area (Å²) in [5.41, 5.74) is -0.415. The minimum absolute atomic E-state index is 0.289. The van der Waals surface area contributed by atoms with Gasteiger partial charge in [-0.15, -0.1) is 0 Å². The number of amides is 1. The lowest BCUT2D eigenvalue weighted by molar-refractivity contribution is -0.134. The number of nitrogens with one attached hydrogen (secondary N) is 1. The van der Waals surface area contributed by atoms with Crippen LogP contribution in [-0.2, 0) is 9.53 Å². The van der Waals surface area contributed by atoms with E-state index in [4.69, 9.17) is 14.6 Å². The molecule has 2 aliphatic heterocycles. The third kappa shape index (κ3) is 11.3. The zero-order chi connectivity index (χ0) is 19.6. The molecule has 2 fully saturated rings.